The van der Waals surface area contributed by atoms with E-state index in [9.17, 15) is 13.5 Å². The van der Waals surface area contributed by atoms with Gasteiger partial charge in [-0.3, -0.25) is 4.99 Å². The van der Waals surface area contributed by atoms with Crippen LogP contribution in [0.25, 0.3) is 0 Å². The Balaban J connectivity index is 1.87. The monoisotopic (exact) mass is 439 g/mol. The summed E-state index contributed by atoms with van der Waals surface area (Å²) in [5.41, 5.74) is 1.18. The van der Waals surface area contributed by atoms with Gasteiger partial charge in [-0.05, 0) is 37.4 Å². The minimum absolute atomic E-state index is 0.00387. The standard InChI is InChI=1S/C20H29N3O4S2/c1-4-21-20(23(3)11-12-27-18-9-7-16(2)8-10-18)22-14-17(24)15-29(25,26)19-6-5-13-28-19/h5-10,13,17,24H,4,11-12,14-15H2,1-3H3,(H,21,22). The lowest BCUT2D eigenvalue weighted by Gasteiger charge is -2.22. The number of nitrogens with zero attached hydrogens (tertiary/aromatic N) is 2. The first-order chi connectivity index (χ1) is 13.8. The summed E-state index contributed by atoms with van der Waals surface area (Å²) in [4.78, 5) is 6.27. The molecule has 7 nitrogen and oxygen atoms in total. The summed E-state index contributed by atoms with van der Waals surface area (Å²) in [7, 11) is -1.63. The molecule has 0 fully saturated rings. The first-order valence-electron chi connectivity index (χ1n) is 9.45. The van der Waals surface area contributed by atoms with Gasteiger partial charge in [0.15, 0.2) is 15.8 Å². The van der Waals surface area contributed by atoms with Gasteiger partial charge in [0.2, 0.25) is 0 Å². The van der Waals surface area contributed by atoms with Crippen molar-refractivity contribution in [3.05, 3.63) is 47.3 Å². The van der Waals surface area contributed by atoms with Crippen LogP contribution in [-0.4, -0.2) is 69.5 Å². The summed E-state index contributed by atoms with van der Waals surface area (Å²) < 4.78 is 30.5. The molecule has 0 radical (unpaired) electrons. The summed E-state index contributed by atoms with van der Waals surface area (Å²) in [5, 5.41) is 15.0. The van der Waals surface area contributed by atoms with Crippen molar-refractivity contribution in [2.24, 2.45) is 4.99 Å². The van der Waals surface area contributed by atoms with Gasteiger partial charge in [0, 0.05) is 13.6 Å². The molecule has 2 aromatic rings. The highest BCUT2D eigenvalue weighted by Crippen LogP contribution is 2.18. The maximum atomic E-state index is 12.3. The minimum atomic E-state index is -3.50. The van der Waals surface area contributed by atoms with Gasteiger partial charge in [-0.1, -0.05) is 23.8 Å². The van der Waals surface area contributed by atoms with E-state index >= 15 is 0 Å². The average molecular weight is 440 g/mol. The van der Waals surface area contributed by atoms with Crippen LogP contribution in [0.5, 0.6) is 5.75 Å². The van der Waals surface area contributed by atoms with E-state index in [0.717, 1.165) is 17.1 Å². The van der Waals surface area contributed by atoms with E-state index in [0.29, 0.717) is 25.7 Å². The Morgan fingerprint density at radius 3 is 2.66 bits per heavy atom. The number of benzene rings is 1. The fourth-order valence-electron chi connectivity index (χ4n) is 2.53. The first-order valence-corrected chi connectivity index (χ1v) is 12.0. The number of aliphatic hydroxyl groups is 1. The molecule has 2 rings (SSSR count). The van der Waals surface area contributed by atoms with Crippen molar-refractivity contribution in [2.75, 3.05) is 39.0 Å². The first kappa shape index (κ1) is 23.2. The fraction of sp³-hybridized carbons (Fsp3) is 0.450. The Labute approximate surface area is 177 Å². The van der Waals surface area contributed by atoms with Gasteiger partial charge in [-0.2, -0.15) is 0 Å². The molecule has 1 aromatic carbocycles. The van der Waals surface area contributed by atoms with Crippen molar-refractivity contribution in [1.82, 2.24) is 10.2 Å². The molecule has 1 atom stereocenters. The third kappa shape index (κ3) is 7.68. The Bertz CT molecular complexity index is 866. The summed E-state index contributed by atoms with van der Waals surface area (Å²) >= 11 is 1.15. The molecule has 1 heterocycles. The van der Waals surface area contributed by atoms with Crippen LogP contribution in [-0.2, 0) is 9.84 Å². The van der Waals surface area contributed by atoms with Gasteiger partial charge in [0.25, 0.3) is 0 Å². The quantitative estimate of drug-likeness (QED) is 0.436. The molecule has 29 heavy (non-hydrogen) atoms. The number of aryl methyl sites for hydroxylation is 1. The van der Waals surface area contributed by atoms with Crippen molar-refractivity contribution in [3.8, 4) is 5.75 Å². The van der Waals surface area contributed by atoms with Crippen LogP contribution in [0.1, 0.15) is 12.5 Å². The molecule has 9 heteroatoms. The Morgan fingerprint density at radius 1 is 1.31 bits per heavy atom. The largest absolute Gasteiger partial charge is 0.492 e. The maximum Gasteiger partial charge on any atom is 0.193 e. The fourth-order valence-corrected chi connectivity index (χ4v) is 5.00. The van der Waals surface area contributed by atoms with Crippen molar-refractivity contribution in [1.29, 1.82) is 0 Å². The molecular formula is C20H29N3O4S2. The van der Waals surface area contributed by atoms with Gasteiger partial charge in [0.1, 0.15) is 16.6 Å². The lowest BCUT2D eigenvalue weighted by molar-refractivity contribution is 0.205. The second kappa shape index (κ2) is 11.2. The predicted molar refractivity (Wildman–Crippen MR) is 118 cm³/mol. The van der Waals surface area contributed by atoms with Crippen LogP contribution >= 0.6 is 11.3 Å². The number of rotatable bonds is 10. The maximum absolute atomic E-state index is 12.3. The van der Waals surface area contributed by atoms with Crippen molar-refractivity contribution < 1.29 is 18.3 Å². The van der Waals surface area contributed by atoms with Gasteiger partial charge in [-0.25, -0.2) is 8.42 Å². The Hall–Kier alpha value is -2.10. The number of ether oxygens (including phenoxy) is 1. The van der Waals surface area contributed by atoms with Crippen LogP contribution in [0.2, 0.25) is 0 Å². The molecule has 0 bridgehead atoms. The predicted octanol–water partition coefficient (Wildman–Crippen LogP) is 2.17. The zero-order valence-corrected chi connectivity index (χ0v) is 18.7. The second-order valence-electron chi connectivity index (χ2n) is 6.65. The number of thiophene rings is 1. The number of sulfone groups is 1. The highest BCUT2D eigenvalue weighted by atomic mass is 32.2. The van der Waals surface area contributed by atoms with Gasteiger partial charge < -0.3 is 20.1 Å². The summed E-state index contributed by atoms with van der Waals surface area (Å²) in [6, 6.07) is 11.1. The smallest absolute Gasteiger partial charge is 0.193 e. The van der Waals surface area contributed by atoms with Crippen LogP contribution in [0, 0.1) is 6.92 Å². The number of likely N-dealkylation sites (N-methyl/N-ethyl adjacent to an activating group) is 1. The number of hydrogen-bond donors (Lipinski definition) is 2. The topological polar surface area (TPSA) is 91.2 Å². The third-order valence-corrected chi connectivity index (χ3v) is 7.36. The molecule has 160 valence electrons. The van der Waals surface area contributed by atoms with Crippen molar-refractivity contribution in [2.45, 2.75) is 24.2 Å². The number of guanidine groups is 1. The number of aliphatic imine (C=N–C) groups is 1. The van der Waals surface area contributed by atoms with Crippen molar-refractivity contribution >= 4 is 27.1 Å². The van der Waals surface area contributed by atoms with E-state index in [2.05, 4.69) is 10.3 Å². The zero-order valence-electron chi connectivity index (χ0n) is 17.0. The number of nitrogens with one attached hydrogen (secondary N) is 1. The van der Waals surface area contributed by atoms with Crippen LogP contribution in [0.4, 0.5) is 0 Å². The number of aliphatic hydroxyl groups excluding tert-OH is 1. The average Bonchev–Trinajstić information content (AvgIpc) is 3.22. The van der Waals surface area contributed by atoms with Gasteiger partial charge in [0.05, 0.1) is 24.9 Å². The van der Waals surface area contributed by atoms with E-state index in [-0.39, 0.29) is 16.5 Å². The lowest BCUT2D eigenvalue weighted by atomic mass is 10.2. The normalized spacial score (nSPS) is 13.2. The van der Waals surface area contributed by atoms with E-state index in [1.807, 2.05) is 50.1 Å². The van der Waals surface area contributed by atoms with E-state index in [1.165, 1.54) is 5.56 Å². The zero-order chi connectivity index (χ0) is 21.3. The van der Waals surface area contributed by atoms with Gasteiger partial charge >= 0.3 is 0 Å². The molecule has 0 saturated heterocycles. The van der Waals surface area contributed by atoms with Crippen LogP contribution in [0.15, 0.2) is 51.0 Å². The molecule has 0 spiro atoms. The number of hydrogen-bond acceptors (Lipinski definition) is 6. The van der Waals surface area contributed by atoms with Gasteiger partial charge in [-0.15, -0.1) is 11.3 Å². The molecule has 0 saturated carbocycles. The lowest BCUT2D eigenvalue weighted by Crippen LogP contribution is -2.41. The molecule has 2 N–H and O–H groups in total. The van der Waals surface area contributed by atoms with E-state index in [1.54, 1.807) is 17.5 Å². The molecule has 0 aliphatic carbocycles. The molecule has 1 aromatic heterocycles. The minimum Gasteiger partial charge on any atom is -0.492 e. The van der Waals surface area contributed by atoms with Crippen molar-refractivity contribution in [3.63, 3.8) is 0 Å². The second-order valence-corrected chi connectivity index (χ2v) is 9.85. The highest BCUT2D eigenvalue weighted by Gasteiger charge is 2.20. The Morgan fingerprint density at radius 2 is 2.03 bits per heavy atom. The van der Waals surface area contributed by atoms with E-state index < -0.39 is 15.9 Å². The molecule has 0 aliphatic rings. The molecule has 1 unspecified atom stereocenters. The third-order valence-electron chi connectivity index (χ3n) is 4.08. The highest BCUT2D eigenvalue weighted by molar-refractivity contribution is 7.93. The molecule has 0 aliphatic heterocycles. The molecule has 0 amide bonds. The van der Waals surface area contributed by atoms with E-state index in [4.69, 9.17) is 4.74 Å². The summed E-state index contributed by atoms with van der Waals surface area (Å²) in [6.07, 6.45) is -1.08. The Kier molecular flexibility index (Phi) is 8.94. The van der Waals surface area contributed by atoms with Crippen LogP contribution < -0.4 is 10.1 Å². The van der Waals surface area contributed by atoms with Crippen LogP contribution in [0.3, 0.4) is 0 Å². The molecular weight excluding hydrogens is 410 g/mol. The summed E-state index contributed by atoms with van der Waals surface area (Å²) in [5.74, 6) is 1.05. The summed E-state index contributed by atoms with van der Waals surface area (Å²) in [6.45, 7) is 5.69. The SMILES string of the molecule is CCNC(=NCC(O)CS(=O)(=O)c1cccs1)N(C)CCOc1ccc(C)cc1.